The fourth-order valence-electron chi connectivity index (χ4n) is 1.74. The summed E-state index contributed by atoms with van der Waals surface area (Å²) in [5.41, 5.74) is 0. The molecular weight excluding hydrogens is 208 g/mol. The van der Waals surface area contributed by atoms with Crippen LogP contribution in [-0.2, 0) is 6.54 Å². The van der Waals surface area contributed by atoms with Crippen LogP contribution in [0.1, 0.15) is 25.6 Å². The van der Waals surface area contributed by atoms with Gasteiger partial charge in [-0.25, -0.2) is 9.89 Å². The monoisotopic (exact) mass is 224 g/mol. The highest BCUT2D eigenvalue weighted by Crippen LogP contribution is 2.15. The molecule has 7 nitrogen and oxygen atoms in total. The van der Waals surface area contributed by atoms with Gasteiger partial charge in [0.2, 0.25) is 0 Å². The first-order valence-electron chi connectivity index (χ1n) is 5.51. The number of H-pyrrole nitrogens is 1. The quantitative estimate of drug-likeness (QED) is 0.748. The molecule has 1 saturated heterocycles. The van der Waals surface area contributed by atoms with Crippen molar-refractivity contribution in [1.82, 2.24) is 30.8 Å². The van der Waals surface area contributed by atoms with Crippen LogP contribution in [0, 0.1) is 5.92 Å². The Kier molecular flexibility index (Phi) is 3.33. The largest absolute Gasteiger partial charge is 0.331 e. The topological polar surface area (TPSA) is 86.8 Å². The van der Waals surface area contributed by atoms with Gasteiger partial charge in [-0.05, 0) is 29.2 Å². The summed E-state index contributed by atoms with van der Waals surface area (Å²) < 4.78 is 0. The number of aromatic amines is 1. The molecule has 2 rings (SSSR count). The van der Waals surface area contributed by atoms with E-state index in [4.69, 9.17) is 0 Å². The standard InChI is InChI=1S/C9H16N6O/c1-7-2-4-15(5-3-7)9(16)10-6-8-11-13-14-12-8/h7H,2-6H2,1H3,(H,10,16)(H,11,12,13,14). The third-order valence-corrected chi connectivity index (χ3v) is 2.87. The Hall–Kier alpha value is -1.66. The number of likely N-dealkylation sites (tertiary alicyclic amines) is 1. The van der Waals surface area contributed by atoms with Gasteiger partial charge in [-0.3, -0.25) is 0 Å². The number of tetrazole rings is 1. The van der Waals surface area contributed by atoms with Crippen LogP contribution < -0.4 is 5.32 Å². The number of aromatic nitrogens is 4. The molecule has 1 aliphatic rings. The first-order chi connectivity index (χ1) is 7.75. The molecule has 0 aromatic carbocycles. The summed E-state index contributed by atoms with van der Waals surface area (Å²) in [6.07, 6.45) is 2.16. The minimum atomic E-state index is -0.0386. The van der Waals surface area contributed by atoms with Crippen LogP contribution >= 0.6 is 0 Å². The number of nitrogens with zero attached hydrogens (tertiary/aromatic N) is 4. The molecule has 0 aliphatic carbocycles. The van der Waals surface area contributed by atoms with E-state index >= 15 is 0 Å². The summed E-state index contributed by atoms with van der Waals surface area (Å²) >= 11 is 0. The number of amides is 2. The first kappa shape index (κ1) is 10.8. The number of hydrogen-bond donors (Lipinski definition) is 2. The molecule has 0 spiro atoms. The van der Waals surface area contributed by atoms with Crippen molar-refractivity contribution in [1.29, 1.82) is 0 Å². The van der Waals surface area contributed by atoms with Gasteiger partial charge in [0.1, 0.15) is 0 Å². The minimum absolute atomic E-state index is 0.0386. The molecule has 16 heavy (non-hydrogen) atoms. The fourth-order valence-corrected chi connectivity index (χ4v) is 1.74. The average Bonchev–Trinajstić information content (AvgIpc) is 2.80. The lowest BCUT2D eigenvalue weighted by Crippen LogP contribution is -2.44. The van der Waals surface area contributed by atoms with Crippen molar-refractivity contribution in [3.63, 3.8) is 0 Å². The Labute approximate surface area is 93.6 Å². The number of piperidine rings is 1. The summed E-state index contributed by atoms with van der Waals surface area (Å²) in [5, 5.41) is 15.9. The first-order valence-corrected chi connectivity index (χ1v) is 5.51. The maximum Gasteiger partial charge on any atom is 0.317 e. The fraction of sp³-hybridized carbons (Fsp3) is 0.778. The van der Waals surface area contributed by atoms with Crippen LogP contribution in [-0.4, -0.2) is 44.6 Å². The lowest BCUT2D eigenvalue weighted by Gasteiger charge is -2.30. The molecule has 2 N–H and O–H groups in total. The molecule has 1 aromatic heterocycles. The molecule has 0 radical (unpaired) electrons. The van der Waals surface area contributed by atoms with Crippen molar-refractivity contribution < 1.29 is 4.79 Å². The van der Waals surface area contributed by atoms with Crippen molar-refractivity contribution in [3.05, 3.63) is 5.82 Å². The van der Waals surface area contributed by atoms with Crippen LogP contribution in [0.2, 0.25) is 0 Å². The number of urea groups is 1. The lowest BCUT2D eigenvalue weighted by atomic mass is 10.00. The molecular formula is C9H16N6O. The van der Waals surface area contributed by atoms with Crippen molar-refractivity contribution in [2.45, 2.75) is 26.3 Å². The van der Waals surface area contributed by atoms with E-state index in [1.165, 1.54) is 0 Å². The number of hydrogen-bond acceptors (Lipinski definition) is 4. The minimum Gasteiger partial charge on any atom is -0.331 e. The molecule has 1 fully saturated rings. The molecule has 0 bridgehead atoms. The third-order valence-electron chi connectivity index (χ3n) is 2.87. The molecule has 2 heterocycles. The zero-order valence-corrected chi connectivity index (χ0v) is 9.31. The molecule has 1 aliphatic heterocycles. The second kappa shape index (κ2) is 4.91. The second-order valence-electron chi connectivity index (χ2n) is 4.18. The zero-order valence-electron chi connectivity index (χ0n) is 9.31. The zero-order chi connectivity index (χ0) is 11.4. The van der Waals surface area contributed by atoms with E-state index in [2.05, 4.69) is 32.9 Å². The third kappa shape index (κ3) is 2.68. The Bertz CT molecular complexity index is 330. The molecule has 0 atom stereocenters. The summed E-state index contributed by atoms with van der Waals surface area (Å²) in [4.78, 5) is 13.6. The average molecular weight is 224 g/mol. The van der Waals surface area contributed by atoms with E-state index < -0.39 is 0 Å². The van der Waals surface area contributed by atoms with E-state index in [0.29, 0.717) is 12.4 Å². The van der Waals surface area contributed by atoms with Gasteiger partial charge in [0.25, 0.3) is 0 Å². The van der Waals surface area contributed by atoms with E-state index in [1.54, 1.807) is 0 Å². The predicted octanol–water partition coefficient (Wildman–Crippen LogP) is 0.141. The van der Waals surface area contributed by atoms with Gasteiger partial charge in [0, 0.05) is 13.1 Å². The van der Waals surface area contributed by atoms with E-state index in [9.17, 15) is 4.79 Å². The summed E-state index contributed by atoms with van der Waals surface area (Å²) in [6.45, 7) is 4.23. The highest BCUT2D eigenvalue weighted by molar-refractivity contribution is 5.74. The SMILES string of the molecule is CC1CCN(C(=O)NCc2nnn[nH]2)CC1. The number of carbonyl (C=O) groups is 1. The van der Waals surface area contributed by atoms with Crippen LogP contribution in [0.25, 0.3) is 0 Å². The smallest absolute Gasteiger partial charge is 0.317 e. The number of carbonyl (C=O) groups excluding carboxylic acids is 1. The van der Waals surface area contributed by atoms with Gasteiger partial charge >= 0.3 is 6.03 Å². The van der Waals surface area contributed by atoms with Gasteiger partial charge < -0.3 is 10.2 Å². The van der Waals surface area contributed by atoms with Crippen LogP contribution in [0.4, 0.5) is 4.79 Å². The van der Waals surface area contributed by atoms with Gasteiger partial charge in [0.05, 0.1) is 6.54 Å². The Balaban J connectivity index is 1.75. The normalized spacial score (nSPS) is 17.4. The summed E-state index contributed by atoms with van der Waals surface area (Å²) in [7, 11) is 0. The van der Waals surface area contributed by atoms with E-state index in [0.717, 1.165) is 31.8 Å². The van der Waals surface area contributed by atoms with Crippen LogP contribution in [0.15, 0.2) is 0 Å². The Morgan fingerprint density at radius 3 is 2.94 bits per heavy atom. The highest BCUT2D eigenvalue weighted by atomic mass is 16.2. The molecule has 7 heteroatoms. The maximum absolute atomic E-state index is 11.7. The molecule has 88 valence electrons. The van der Waals surface area contributed by atoms with E-state index in [-0.39, 0.29) is 6.03 Å². The molecule has 0 saturated carbocycles. The Morgan fingerprint density at radius 1 is 1.56 bits per heavy atom. The van der Waals surface area contributed by atoms with Gasteiger partial charge in [0.15, 0.2) is 5.82 Å². The predicted molar refractivity (Wildman–Crippen MR) is 56.4 cm³/mol. The maximum atomic E-state index is 11.7. The lowest BCUT2D eigenvalue weighted by molar-refractivity contribution is 0.173. The van der Waals surface area contributed by atoms with Gasteiger partial charge in [-0.15, -0.1) is 5.10 Å². The van der Waals surface area contributed by atoms with Crippen molar-refractivity contribution >= 4 is 6.03 Å². The second-order valence-corrected chi connectivity index (χ2v) is 4.18. The van der Waals surface area contributed by atoms with Crippen molar-refractivity contribution in [2.75, 3.05) is 13.1 Å². The van der Waals surface area contributed by atoms with Gasteiger partial charge in [-0.1, -0.05) is 6.92 Å². The Morgan fingerprint density at radius 2 is 2.31 bits per heavy atom. The molecule has 1 aromatic rings. The number of rotatable bonds is 2. The van der Waals surface area contributed by atoms with Crippen LogP contribution in [0.3, 0.4) is 0 Å². The van der Waals surface area contributed by atoms with Gasteiger partial charge in [-0.2, -0.15) is 0 Å². The summed E-state index contributed by atoms with van der Waals surface area (Å²) in [6, 6.07) is -0.0386. The highest BCUT2D eigenvalue weighted by Gasteiger charge is 2.19. The molecule has 0 unspecified atom stereocenters. The van der Waals surface area contributed by atoms with Crippen LogP contribution in [0.5, 0.6) is 0 Å². The van der Waals surface area contributed by atoms with E-state index in [1.807, 2.05) is 4.90 Å². The van der Waals surface area contributed by atoms with Crippen molar-refractivity contribution in [2.24, 2.45) is 5.92 Å². The van der Waals surface area contributed by atoms with Crippen molar-refractivity contribution in [3.8, 4) is 0 Å². The summed E-state index contributed by atoms with van der Waals surface area (Å²) in [5.74, 6) is 1.29. The number of nitrogens with one attached hydrogen (secondary N) is 2. The molecule has 2 amide bonds.